The lowest BCUT2D eigenvalue weighted by Gasteiger charge is -2.36. The number of methoxy groups -OCH3 is 1. The number of alkyl carbamates (subject to hydrolysis) is 1. The molecular formula is C47H70Cl2N4O12S. The first-order chi connectivity index (χ1) is 30.9. The van der Waals surface area contributed by atoms with Gasteiger partial charge >= 0.3 is 12.1 Å². The van der Waals surface area contributed by atoms with Crippen molar-refractivity contribution in [1.29, 1.82) is 0 Å². The number of aldehydes is 1. The number of hydrogen-bond donors (Lipinski definition) is 3. The zero-order valence-corrected chi connectivity index (χ0v) is 40.8. The molecule has 3 saturated heterocycles. The topological polar surface area (TPSA) is 213 Å². The Morgan fingerprint density at radius 3 is 2.41 bits per heavy atom. The Kier molecular flexibility index (Phi) is 24.8. The Bertz CT molecular complexity index is 1900. The lowest BCUT2D eigenvalue weighted by Crippen LogP contribution is -2.56. The van der Waals surface area contributed by atoms with Crippen molar-refractivity contribution < 1.29 is 58.0 Å². The van der Waals surface area contributed by atoms with Crippen molar-refractivity contribution in [2.45, 2.75) is 147 Å². The van der Waals surface area contributed by atoms with Crippen LogP contribution in [0.1, 0.15) is 111 Å². The highest BCUT2D eigenvalue weighted by molar-refractivity contribution is 8.00. The van der Waals surface area contributed by atoms with Crippen LogP contribution in [0.25, 0.3) is 0 Å². The fraction of sp³-hybridized carbons (Fsp3) is 0.638. The largest absolute Gasteiger partial charge is 0.495 e. The zero-order chi connectivity index (χ0) is 48.4. The van der Waals surface area contributed by atoms with Gasteiger partial charge in [0.15, 0.2) is 0 Å². The molecule has 1 aliphatic carbocycles. The van der Waals surface area contributed by atoms with E-state index < -0.39 is 35.2 Å². The fourth-order valence-electron chi connectivity index (χ4n) is 8.03. The molecule has 16 nitrogen and oxygen atoms in total. The molecule has 1 aromatic carbocycles. The predicted molar refractivity (Wildman–Crippen MR) is 257 cm³/mol. The Morgan fingerprint density at radius 2 is 1.77 bits per heavy atom. The van der Waals surface area contributed by atoms with E-state index in [-0.39, 0.29) is 68.9 Å². The third-order valence-corrected chi connectivity index (χ3v) is 13.4. The second-order valence-corrected chi connectivity index (χ2v) is 18.4. The SMILES string of the molecule is C.CC=O.CCl.COc1cc2cc(c1Cl)N(C)C(=O)CCC1OC1CC1C[C@](O)(C/C=C/C=C(\C)C2)NC(=O)O1.C[C@@H](C(=O)O)N(C)C(=O)CCSC1CC(=O)N(CC2CCCCC2)C1=O. The van der Waals surface area contributed by atoms with Gasteiger partial charge in [0.05, 0.1) is 30.3 Å². The van der Waals surface area contributed by atoms with E-state index in [0.717, 1.165) is 30.3 Å². The lowest BCUT2D eigenvalue weighted by molar-refractivity contribution is -0.148. The van der Waals surface area contributed by atoms with Gasteiger partial charge in [0.2, 0.25) is 23.6 Å². The summed E-state index contributed by atoms with van der Waals surface area (Å²) in [7, 11) is 4.72. The lowest BCUT2D eigenvalue weighted by atomic mass is 9.89. The van der Waals surface area contributed by atoms with Crippen molar-refractivity contribution in [3.8, 4) is 5.75 Å². The van der Waals surface area contributed by atoms with E-state index in [1.54, 1.807) is 19.1 Å². The number of anilines is 1. The molecule has 6 atom stereocenters. The van der Waals surface area contributed by atoms with Gasteiger partial charge in [0.25, 0.3) is 0 Å². The second-order valence-electron chi connectivity index (χ2n) is 16.7. The van der Waals surface area contributed by atoms with Crippen LogP contribution in [0.15, 0.2) is 35.9 Å². The summed E-state index contributed by atoms with van der Waals surface area (Å²) >= 11 is 12.5. The van der Waals surface area contributed by atoms with Crippen molar-refractivity contribution in [3.05, 3.63) is 46.5 Å². The van der Waals surface area contributed by atoms with Gasteiger partial charge in [-0.2, -0.15) is 0 Å². The monoisotopic (exact) mass is 984 g/mol. The van der Waals surface area contributed by atoms with Crippen molar-refractivity contribution in [2.24, 2.45) is 5.92 Å². The second kappa shape index (κ2) is 28.2. The van der Waals surface area contributed by atoms with Gasteiger partial charge in [-0.15, -0.1) is 23.4 Å². The molecule has 4 heterocycles. The molecule has 3 N–H and O–H groups in total. The number of aliphatic carboxylic acids is 1. The molecule has 4 unspecified atom stereocenters. The molecule has 1 saturated carbocycles. The maximum Gasteiger partial charge on any atom is 0.409 e. The summed E-state index contributed by atoms with van der Waals surface area (Å²) in [4.78, 5) is 85.6. The van der Waals surface area contributed by atoms with Crippen molar-refractivity contribution in [2.75, 3.05) is 44.8 Å². The maximum absolute atomic E-state index is 12.9. The summed E-state index contributed by atoms with van der Waals surface area (Å²) in [5.41, 5.74) is 1.25. The third-order valence-electron chi connectivity index (χ3n) is 11.8. The van der Waals surface area contributed by atoms with E-state index in [1.807, 2.05) is 37.3 Å². The van der Waals surface area contributed by atoms with Gasteiger partial charge < -0.3 is 39.0 Å². The highest BCUT2D eigenvalue weighted by atomic mass is 35.5. The first-order valence-corrected chi connectivity index (χ1v) is 24.1. The quantitative estimate of drug-likeness (QED) is 0.0959. The van der Waals surface area contributed by atoms with Crippen LogP contribution in [0.4, 0.5) is 10.5 Å². The summed E-state index contributed by atoms with van der Waals surface area (Å²) in [5, 5.41) is 22.4. The van der Waals surface area contributed by atoms with Crippen LogP contribution in [0.5, 0.6) is 5.75 Å². The molecule has 4 fully saturated rings. The molecule has 0 spiro atoms. The van der Waals surface area contributed by atoms with E-state index in [2.05, 4.69) is 16.9 Å². The average Bonchev–Trinajstić information content (AvgIpc) is 3.96. The molecule has 4 aliphatic heterocycles. The molecule has 6 rings (SSSR count). The number of carboxylic acids is 1. The minimum Gasteiger partial charge on any atom is -0.495 e. The van der Waals surface area contributed by atoms with E-state index in [9.17, 15) is 33.9 Å². The van der Waals surface area contributed by atoms with Crippen LogP contribution in [-0.4, -0.2) is 137 Å². The number of likely N-dealkylation sites (N-methyl/N-ethyl adjacent to an activating group) is 1. The zero-order valence-electron chi connectivity index (χ0n) is 38.5. The maximum atomic E-state index is 12.9. The van der Waals surface area contributed by atoms with Gasteiger partial charge in [-0.05, 0) is 70.1 Å². The molecular weight excluding hydrogens is 916 g/mol. The van der Waals surface area contributed by atoms with Crippen molar-refractivity contribution in [1.82, 2.24) is 15.1 Å². The number of ether oxygens (including phenoxy) is 3. The molecule has 5 amide bonds. The highest BCUT2D eigenvalue weighted by Crippen LogP contribution is 2.38. The molecule has 0 aromatic heterocycles. The number of benzene rings is 1. The standard InChI is InChI=1S/C25H31ClN2O6.C18H28N2O5S.C2H4O.CH3Cl.CH4/c1-15-6-4-5-9-25(31)14-17(33-24(30)27-25)13-20-19(34-20)7-8-22(29)28(2)18-11-16(10-15)12-21(32-3)23(18)26;1-12(18(24)25)19(2)15(21)8-9-26-14-10-16(22)20(17(14)23)11-13-6-4-3-5-7-13;1-2-3;1-2;/h4-6,11-12,17,19-20,31H,7-10,13-14H2,1-3H3,(H,27,30);12-14H,3-11H2,1-2H3,(H,24,25);2H,1H3;1H3;1H4/b5-4+,15-6+;;;;/t17?,19?,20?,25-;12-,14?;;;/m10.../s1. The average molecular weight is 986 g/mol. The van der Waals surface area contributed by atoms with E-state index >= 15 is 0 Å². The third kappa shape index (κ3) is 17.5. The van der Waals surface area contributed by atoms with Crippen LogP contribution >= 0.6 is 35.0 Å². The van der Waals surface area contributed by atoms with Crippen molar-refractivity contribution >= 4 is 82.6 Å². The number of halogens is 2. The van der Waals surface area contributed by atoms with Crippen LogP contribution in [0.2, 0.25) is 5.02 Å². The number of epoxide rings is 1. The highest BCUT2D eigenvalue weighted by Gasteiger charge is 2.46. The van der Waals surface area contributed by atoms with Crippen molar-refractivity contribution in [3.63, 3.8) is 0 Å². The molecule has 370 valence electrons. The number of hydrogen-bond acceptors (Lipinski definition) is 12. The van der Waals surface area contributed by atoms with Gasteiger partial charge in [-0.3, -0.25) is 29.4 Å². The van der Waals surface area contributed by atoms with E-state index in [4.69, 9.17) is 35.7 Å². The predicted octanol–water partition coefficient (Wildman–Crippen LogP) is 7.33. The summed E-state index contributed by atoms with van der Waals surface area (Å²) in [6, 6.07) is 2.90. The number of alkyl halides is 1. The number of fused-ring (bicyclic) bond motifs is 5. The molecule has 0 radical (unpaired) electrons. The van der Waals surface area contributed by atoms with E-state index in [0.29, 0.717) is 60.4 Å². The number of amides is 5. The molecule has 4 bridgehead atoms. The number of carbonyl (C=O) groups excluding carboxylic acids is 6. The van der Waals surface area contributed by atoms with Crippen LogP contribution < -0.4 is 15.0 Å². The van der Waals surface area contributed by atoms with Gasteiger partial charge in [-0.25, -0.2) is 9.59 Å². The van der Waals surface area contributed by atoms with Gasteiger partial charge in [-0.1, -0.05) is 62.1 Å². The Hall–Kier alpha value is -4.16. The first-order valence-electron chi connectivity index (χ1n) is 21.9. The van der Waals surface area contributed by atoms with Gasteiger partial charge in [0.1, 0.15) is 34.9 Å². The number of thioether (sulfide) groups is 1. The minimum atomic E-state index is -1.37. The summed E-state index contributed by atoms with van der Waals surface area (Å²) < 4.78 is 16.5. The number of allylic oxidation sites excluding steroid dienone is 3. The number of imide groups is 1. The number of likely N-dealkylation sites (tertiary alicyclic amines) is 1. The number of aliphatic hydroxyl groups is 1. The number of nitrogens with one attached hydrogen (secondary N) is 1. The minimum absolute atomic E-state index is 0. The van der Waals surface area contributed by atoms with Gasteiger partial charge in [0, 0.05) is 71.3 Å². The Balaban J connectivity index is 0.000000420. The number of rotatable bonds is 9. The van der Waals surface area contributed by atoms with E-state index in [1.165, 1.54) is 68.1 Å². The number of carbonyl (C=O) groups is 7. The number of nitrogens with zero attached hydrogens (tertiary/aromatic N) is 3. The number of carboxylic acid groups (broad SMARTS) is 1. The molecule has 19 heteroatoms. The van der Waals surface area contributed by atoms with Crippen LogP contribution in [-0.2, 0) is 44.7 Å². The summed E-state index contributed by atoms with van der Waals surface area (Å²) in [6.07, 6.45) is 15.2. The normalized spacial score (nSPS) is 25.9. The Morgan fingerprint density at radius 1 is 1.11 bits per heavy atom. The first kappa shape index (κ1) is 58.0. The molecule has 66 heavy (non-hydrogen) atoms. The fourth-order valence-corrected chi connectivity index (χ4v) is 9.45. The molecule has 5 aliphatic rings. The Labute approximate surface area is 404 Å². The van der Waals surface area contributed by atoms with Crippen LogP contribution in [0, 0.1) is 5.92 Å². The smallest absolute Gasteiger partial charge is 0.409 e. The summed E-state index contributed by atoms with van der Waals surface area (Å²) in [5.74, 6) is -0.313. The summed E-state index contributed by atoms with van der Waals surface area (Å²) in [6.45, 7) is 5.43. The molecule has 1 aromatic rings. The van der Waals surface area contributed by atoms with Crippen LogP contribution in [0.3, 0.4) is 0 Å².